The van der Waals surface area contributed by atoms with Gasteiger partial charge in [-0.15, -0.1) is 0 Å². The number of benzene rings is 1. The number of hydrogen-bond donors (Lipinski definition) is 3. The number of carbonyl (C=O) groups is 1. The summed E-state index contributed by atoms with van der Waals surface area (Å²) in [6.45, 7) is 2.70. The molecule has 24 heavy (non-hydrogen) atoms. The molecule has 1 aromatic carbocycles. The van der Waals surface area contributed by atoms with Crippen molar-refractivity contribution in [1.29, 1.82) is 0 Å². The highest BCUT2D eigenvalue weighted by molar-refractivity contribution is 7.80. The van der Waals surface area contributed by atoms with Crippen LogP contribution in [0.3, 0.4) is 0 Å². The van der Waals surface area contributed by atoms with Gasteiger partial charge in [0, 0.05) is 25.4 Å². The van der Waals surface area contributed by atoms with E-state index < -0.39 is 0 Å². The summed E-state index contributed by atoms with van der Waals surface area (Å²) in [7, 11) is 0. The Hall–Kier alpha value is -1.86. The number of hydrogen-bond acceptors (Lipinski definition) is 4. The fraction of sp³-hybridized carbons (Fsp3) is 0.529. The van der Waals surface area contributed by atoms with Gasteiger partial charge in [0.05, 0.1) is 12.6 Å². The van der Waals surface area contributed by atoms with Crippen molar-refractivity contribution >= 4 is 28.9 Å². The van der Waals surface area contributed by atoms with Gasteiger partial charge in [-0.05, 0) is 49.5 Å². The minimum atomic E-state index is -0.104. The Morgan fingerprint density at radius 2 is 2.17 bits per heavy atom. The molecule has 1 saturated heterocycles. The lowest BCUT2D eigenvalue weighted by Crippen LogP contribution is -2.51. The third-order valence-electron chi connectivity index (χ3n) is 4.37. The molecule has 130 valence electrons. The maximum absolute atomic E-state index is 12.2. The Bertz CT molecular complexity index is 590. The monoisotopic (exact) mass is 348 g/mol. The molecule has 1 fully saturated rings. The third-order valence-corrected chi connectivity index (χ3v) is 4.62. The number of amides is 1. The van der Waals surface area contributed by atoms with E-state index in [0.29, 0.717) is 18.2 Å². The highest BCUT2D eigenvalue weighted by Crippen LogP contribution is 2.26. The minimum Gasteiger partial charge on any atom is -0.376 e. The lowest BCUT2D eigenvalue weighted by atomic mass is 10.0. The van der Waals surface area contributed by atoms with Crippen LogP contribution in [0.15, 0.2) is 24.3 Å². The van der Waals surface area contributed by atoms with Gasteiger partial charge in [0.15, 0.2) is 5.11 Å². The number of thiocarbonyl (C=S) groups is 1. The normalized spacial score (nSPS) is 19.5. The number of para-hydroxylation sites is 1. The summed E-state index contributed by atoms with van der Waals surface area (Å²) in [5, 5.41) is 3.48. The number of nitrogens with zero attached hydrogens (tertiary/aromatic N) is 1. The zero-order valence-electron chi connectivity index (χ0n) is 13.7. The maximum Gasteiger partial charge on any atom is 0.257 e. The quantitative estimate of drug-likeness (QED) is 0.560. The van der Waals surface area contributed by atoms with Crippen molar-refractivity contribution in [2.75, 3.05) is 31.1 Å². The first kappa shape index (κ1) is 17.0. The van der Waals surface area contributed by atoms with Gasteiger partial charge in [-0.25, -0.2) is 0 Å². The number of hydrazine groups is 1. The molecule has 3 N–H and O–H groups in total. The van der Waals surface area contributed by atoms with E-state index in [1.807, 2.05) is 12.1 Å². The van der Waals surface area contributed by atoms with E-state index in [4.69, 9.17) is 17.0 Å². The molecule has 0 bridgehead atoms. The zero-order valence-corrected chi connectivity index (χ0v) is 14.5. The first-order valence-corrected chi connectivity index (χ1v) is 8.90. The first-order chi connectivity index (χ1) is 11.7. The number of ether oxygens (including phenoxy) is 1. The Morgan fingerprint density at radius 1 is 1.29 bits per heavy atom. The van der Waals surface area contributed by atoms with E-state index in [9.17, 15) is 4.79 Å². The van der Waals surface area contributed by atoms with Gasteiger partial charge in [-0.3, -0.25) is 15.6 Å². The van der Waals surface area contributed by atoms with E-state index in [2.05, 4.69) is 33.2 Å². The standard InChI is InChI=1S/C17H24N4O2S/c22-16(19-20-17(24)18-11-14-7-4-10-23-14)12-21-9-3-6-13-5-1-2-8-15(13)21/h1-2,5,8,14H,3-4,6-7,9-12H2,(H,19,22)(H2,18,20,24)/t14-/m1/s1. The minimum absolute atomic E-state index is 0.104. The third kappa shape index (κ3) is 4.58. The van der Waals surface area contributed by atoms with Crippen LogP contribution in [-0.4, -0.2) is 43.4 Å². The number of rotatable bonds is 4. The van der Waals surface area contributed by atoms with Crippen molar-refractivity contribution in [3.8, 4) is 0 Å². The topological polar surface area (TPSA) is 65.6 Å². The second-order valence-corrected chi connectivity index (χ2v) is 6.58. The van der Waals surface area contributed by atoms with Crippen molar-refractivity contribution in [2.45, 2.75) is 31.8 Å². The summed E-state index contributed by atoms with van der Waals surface area (Å²) < 4.78 is 5.52. The van der Waals surface area contributed by atoms with Crippen molar-refractivity contribution in [3.63, 3.8) is 0 Å². The molecule has 1 aromatic rings. The van der Waals surface area contributed by atoms with Crippen LogP contribution in [0.2, 0.25) is 0 Å². The summed E-state index contributed by atoms with van der Waals surface area (Å²) in [6.07, 6.45) is 4.50. The summed E-state index contributed by atoms with van der Waals surface area (Å²) in [5.74, 6) is -0.104. The highest BCUT2D eigenvalue weighted by Gasteiger charge is 2.19. The lowest BCUT2D eigenvalue weighted by Gasteiger charge is -2.30. The second-order valence-electron chi connectivity index (χ2n) is 6.17. The molecule has 7 heteroatoms. The molecule has 0 radical (unpaired) electrons. The average molecular weight is 348 g/mol. The molecule has 1 atom stereocenters. The number of anilines is 1. The van der Waals surface area contributed by atoms with Crippen LogP contribution in [0.4, 0.5) is 5.69 Å². The number of aryl methyl sites for hydroxylation is 1. The van der Waals surface area contributed by atoms with Crippen LogP contribution >= 0.6 is 12.2 Å². The van der Waals surface area contributed by atoms with E-state index in [1.54, 1.807) is 0 Å². The van der Waals surface area contributed by atoms with E-state index in [0.717, 1.165) is 44.5 Å². The SMILES string of the molecule is O=C(CN1CCCc2ccccc21)NNC(=S)NC[C@H]1CCCO1. The van der Waals surface area contributed by atoms with Crippen molar-refractivity contribution in [3.05, 3.63) is 29.8 Å². The Balaban J connectivity index is 1.40. The molecule has 2 aliphatic rings. The smallest absolute Gasteiger partial charge is 0.257 e. The maximum atomic E-state index is 12.2. The number of nitrogens with one attached hydrogen (secondary N) is 3. The van der Waals surface area contributed by atoms with Gasteiger partial charge < -0.3 is 15.0 Å². The van der Waals surface area contributed by atoms with Crippen molar-refractivity contribution in [1.82, 2.24) is 16.2 Å². The van der Waals surface area contributed by atoms with E-state index >= 15 is 0 Å². The Labute approximate surface area is 147 Å². The van der Waals surface area contributed by atoms with Gasteiger partial charge in [-0.2, -0.15) is 0 Å². The fourth-order valence-electron chi connectivity index (χ4n) is 3.17. The molecular weight excluding hydrogens is 324 g/mol. The van der Waals surface area contributed by atoms with Gasteiger partial charge in [0.1, 0.15) is 0 Å². The fourth-order valence-corrected chi connectivity index (χ4v) is 3.31. The van der Waals surface area contributed by atoms with Crippen molar-refractivity contribution < 1.29 is 9.53 Å². The van der Waals surface area contributed by atoms with Crippen LogP contribution in [0.1, 0.15) is 24.8 Å². The lowest BCUT2D eigenvalue weighted by molar-refractivity contribution is -0.120. The van der Waals surface area contributed by atoms with Gasteiger partial charge in [0.2, 0.25) is 0 Å². The molecular formula is C17H24N4O2S. The van der Waals surface area contributed by atoms with E-state index in [1.165, 1.54) is 5.56 Å². The Kier molecular flexibility index (Phi) is 5.87. The number of fused-ring (bicyclic) bond motifs is 1. The molecule has 2 heterocycles. The summed E-state index contributed by atoms with van der Waals surface area (Å²) in [5.41, 5.74) is 7.87. The van der Waals surface area contributed by atoms with Gasteiger partial charge in [0.25, 0.3) is 5.91 Å². The molecule has 2 aliphatic heterocycles. The molecule has 0 aromatic heterocycles. The second kappa shape index (κ2) is 8.30. The number of carbonyl (C=O) groups excluding carboxylic acids is 1. The largest absolute Gasteiger partial charge is 0.376 e. The molecule has 0 unspecified atom stereocenters. The molecule has 6 nitrogen and oxygen atoms in total. The summed E-state index contributed by atoms with van der Waals surface area (Å²) >= 11 is 5.17. The highest BCUT2D eigenvalue weighted by atomic mass is 32.1. The Morgan fingerprint density at radius 3 is 3.00 bits per heavy atom. The van der Waals surface area contributed by atoms with Gasteiger partial charge in [-0.1, -0.05) is 18.2 Å². The van der Waals surface area contributed by atoms with Crippen LogP contribution in [0, 0.1) is 0 Å². The first-order valence-electron chi connectivity index (χ1n) is 8.49. The van der Waals surface area contributed by atoms with E-state index in [-0.39, 0.29) is 12.0 Å². The van der Waals surface area contributed by atoms with Crippen LogP contribution in [-0.2, 0) is 16.0 Å². The molecule has 1 amide bonds. The molecule has 3 rings (SSSR count). The molecule has 0 spiro atoms. The van der Waals surface area contributed by atoms with Crippen LogP contribution in [0.5, 0.6) is 0 Å². The van der Waals surface area contributed by atoms with Crippen molar-refractivity contribution in [2.24, 2.45) is 0 Å². The average Bonchev–Trinajstić information content (AvgIpc) is 3.12. The zero-order chi connectivity index (χ0) is 16.8. The predicted octanol–water partition coefficient (Wildman–Crippen LogP) is 1.11. The van der Waals surface area contributed by atoms with Crippen LogP contribution < -0.4 is 21.1 Å². The molecule has 0 saturated carbocycles. The summed E-state index contributed by atoms with van der Waals surface area (Å²) in [6, 6.07) is 8.25. The van der Waals surface area contributed by atoms with Crippen LogP contribution in [0.25, 0.3) is 0 Å². The predicted molar refractivity (Wildman–Crippen MR) is 97.8 cm³/mol. The molecule has 0 aliphatic carbocycles. The van der Waals surface area contributed by atoms with Gasteiger partial charge >= 0.3 is 0 Å². The summed E-state index contributed by atoms with van der Waals surface area (Å²) in [4.78, 5) is 14.3.